The van der Waals surface area contributed by atoms with E-state index in [0.717, 1.165) is 12.8 Å². The van der Waals surface area contributed by atoms with Crippen LogP contribution in [0.15, 0.2) is 18.2 Å². The third kappa shape index (κ3) is 9.68. The lowest BCUT2D eigenvalue weighted by Crippen LogP contribution is -2.54. The summed E-state index contributed by atoms with van der Waals surface area (Å²) in [6.07, 6.45) is 0.913. The van der Waals surface area contributed by atoms with Crippen LogP contribution in [0.3, 0.4) is 0 Å². The highest BCUT2D eigenvalue weighted by Crippen LogP contribution is 2.24. The maximum Gasteiger partial charge on any atom is 0.408 e. The molecular formula is C24H37N3O7. The minimum Gasteiger partial charge on any atom is -0.493 e. The van der Waals surface area contributed by atoms with Crippen molar-refractivity contribution in [3.63, 3.8) is 0 Å². The smallest absolute Gasteiger partial charge is 0.408 e. The number of aromatic carboxylic acids is 1. The van der Waals surface area contributed by atoms with Crippen molar-refractivity contribution < 1.29 is 33.8 Å². The molecule has 10 nitrogen and oxygen atoms in total. The van der Waals surface area contributed by atoms with Crippen LogP contribution in [0.2, 0.25) is 0 Å². The molecule has 0 radical (unpaired) electrons. The van der Waals surface area contributed by atoms with Gasteiger partial charge in [0.05, 0.1) is 6.61 Å². The normalized spacial score (nSPS) is 12.9. The first-order valence-electron chi connectivity index (χ1n) is 11.4. The van der Waals surface area contributed by atoms with Crippen LogP contribution in [-0.4, -0.2) is 53.3 Å². The van der Waals surface area contributed by atoms with Gasteiger partial charge in [-0.25, -0.2) is 9.59 Å². The third-order valence-corrected chi connectivity index (χ3v) is 4.61. The molecule has 0 aromatic heterocycles. The Hall–Kier alpha value is -3.30. The number of nitrogens with one attached hydrogen (secondary N) is 3. The zero-order valence-corrected chi connectivity index (χ0v) is 21.0. The van der Waals surface area contributed by atoms with E-state index < -0.39 is 41.6 Å². The molecule has 0 aliphatic heterocycles. The molecule has 0 saturated heterocycles. The molecule has 0 aliphatic carbocycles. The molecule has 0 unspecified atom stereocenters. The zero-order chi connectivity index (χ0) is 26.1. The molecule has 190 valence electrons. The van der Waals surface area contributed by atoms with E-state index in [2.05, 4.69) is 16.0 Å². The largest absolute Gasteiger partial charge is 0.493 e. The minimum atomic E-state index is -1.14. The Morgan fingerprint density at radius 3 is 2.21 bits per heavy atom. The first-order chi connectivity index (χ1) is 15.7. The molecule has 3 amide bonds. The predicted molar refractivity (Wildman–Crippen MR) is 128 cm³/mol. The molecule has 4 N–H and O–H groups in total. The monoisotopic (exact) mass is 479 g/mol. The number of unbranched alkanes of at least 4 members (excludes halogenated alkanes) is 1. The molecular weight excluding hydrogens is 442 g/mol. The molecule has 34 heavy (non-hydrogen) atoms. The summed E-state index contributed by atoms with van der Waals surface area (Å²) in [6.45, 7) is 12.5. The quantitative estimate of drug-likeness (QED) is 0.355. The van der Waals surface area contributed by atoms with Gasteiger partial charge in [-0.1, -0.05) is 27.2 Å². The van der Waals surface area contributed by atoms with Crippen molar-refractivity contribution in [1.82, 2.24) is 10.6 Å². The standard InChI is InChI=1S/C24H37N3O7/c1-8-9-12-33-18-13-16(10-11-17(18)22(30)31)26-20(28)15(4)25-21(29)19(14(2)3)27-23(32)34-24(5,6)7/h10-11,13-15,19H,8-9,12H2,1-7H3,(H,25,29)(H,26,28)(H,27,32)(H,30,31)/t15-,19-/m0/s1. The van der Waals surface area contributed by atoms with Gasteiger partial charge >= 0.3 is 12.1 Å². The Labute approximate surface area is 200 Å². The van der Waals surface area contributed by atoms with Crippen molar-refractivity contribution in [2.75, 3.05) is 11.9 Å². The minimum absolute atomic E-state index is 0.0107. The Morgan fingerprint density at radius 2 is 1.68 bits per heavy atom. The van der Waals surface area contributed by atoms with Gasteiger partial charge in [0, 0.05) is 11.8 Å². The molecule has 0 heterocycles. The number of hydrogen-bond donors (Lipinski definition) is 4. The van der Waals surface area contributed by atoms with Crippen molar-refractivity contribution >= 4 is 29.6 Å². The number of carbonyl (C=O) groups is 4. The van der Waals surface area contributed by atoms with Crippen LogP contribution >= 0.6 is 0 Å². The van der Waals surface area contributed by atoms with Crippen molar-refractivity contribution in [2.45, 2.75) is 79.0 Å². The summed E-state index contributed by atoms with van der Waals surface area (Å²) in [5.41, 5.74) is -0.400. The van der Waals surface area contributed by atoms with E-state index in [9.17, 15) is 24.3 Å². The maximum absolute atomic E-state index is 12.7. The fraction of sp³-hybridized carbons (Fsp3) is 0.583. The number of anilines is 1. The average molecular weight is 480 g/mol. The van der Waals surface area contributed by atoms with Crippen molar-refractivity contribution in [2.24, 2.45) is 5.92 Å². The van der Waals surface area contributed by atoms with Crippen LogP contribution in [0.1, 0.15) is 71.7 Å². The molecule has 1 aromatic rings. The summed E-state index contributed by atoms with van der Waals surface area (Å²) in [7, 11) is 0. The first kappa shape index (κ1) is 28.7. The van der Waals surface area contributed by atoms with E-state index in [-0.39, 0.29) is 17.2 Å². The highest BCUT2D eigenvalue weighted by atomic mass is 16.6. The molecule has 0 aliphatic rings. The highest BCUT2D eigenvalue weighted by Gasteiger charge is 2.29. The summed E-state index contributed by atoms with van der Waals surface area (Å²) in [4.78, 5) is 48.9. The van der Waals surface area contributed by atoms with E-state index in [1.54, 1.807) is 34.6 Å². The van der Waals surface area contributed by atoms with Crippen LogP contribution in [0.25, 0.3) is 0 Å². The number of alkyl carbamates (subject to hydrolysis) is 1. The Balaban J connectivity index is 2.84. The Morgan fingerprint density at radius 1 is 1.03 bits per heavy atom. The van der Waals surface area contributed by atoms with Crippen molar-refractivity contribution in [1.29, 1.82) is 0 Å². The molecule has 1 rings (SSSR count). The Bertz CT molecular complexity index is 878. The van der Waals surface area contributed by atoms with Crippen molar-refractivity contribution in [3.8, 4) is 5.75 Å². The molecule has 0 bridgehead atoms. The lowest BCUT2D eigenvalue weighted by Gasteiger charge is -2.26. The van der Waals surface area contributed by atoms with Gasteiger partial charge in [-0.05, 0) is 52.2 Å². The molecule has 2 atom stereocenters. The topological polar surface area (TPSA) is 143 Å². The SMILES string of the molecule is CCCCOc1cc(NC(=O)[C@H](C)NC(=O)[C@@H](NC(=O)OC(C)(C)C)C(C)C)ccc1C(=O)O. The zero-order valence-electron chi connectivity index (χ0n) is 21.0. The van der Waals surface area contributed by atoms with E-state index >= 15 is 0 Å². The summed E-state index contributed by atoms with van der Waals surface area (Å²) >= 11 is 0. The summed E-state index contributed by atoms with van der Waals surface area (Å²) < 4.78 is 10.8. The molecule has 10 heteroatoms. The fourth-order valence-corrected chi connectivity index (χ4v) is 2.81. The molecule has 0 spiro atoms. The van der Waals surface area contributed by atoms with E-state index in [1.165, 1.54) is 25.1 Å². The Kier molecular flexibility index (Phi) is 10.8. The molecule has 0 fully saturated rings. The average Bonchev–Trinajstić information content (AvgIpc) is 2.70. The third-order valence-electron chi connectivity index (χ3n) is 4.61. The lowest BCUT2D eigenvalue weighted by molar-refractivity contribution is -0.128. The highest BCUT2D eigenvalue weighted by molar-refractivity contribution is 5.99. The summed E-state index contributed by atoms with van der Waals surface area (Å²) in [5.74, 6) is -2.29. The van der Waals surface area contributed by atoms with Gasteiger partial charge in [0.15, 0.2) is 0 Å². The number of carboxylic acid groups (broad SMARTS) is 1. The van der Waals surface area contributed by atoms with Crippen LogP contribution < -0.4 is 20.7 Å². The van der Waals surface area contributed by atoms with Crippen LogP contribution in [0.5, 0.6) is 5.75 Å². The lowest BCUT2D eigenvalue weighted by atomic mass is 10.0. The fourth-order valence-electron chi connectivity index (χ4n) is 2.81. The van der Waals surface area contributed by atoms with Crippen LogP contribution in [-0.2, 0) is 14.3 Å². The van der Waals surface area contributed by atoms with Gasteiger partial charge in [-0.3, -0.25) is 9.59 Å². The molecule has 1 aromatic carbocycles. The summed E-state index contributed by atoms with van der Waals surface area (Å²) in [6, 6.07) is 2.40. The van der Waals surface area contributed by atoms with Gasteiger partial charge in [0.2, 0.25) is 11.8 Å². The number of rotatable bonds is 11. The van der Waals surface area contributed by atoms with E-state index in [1.807, 2.05) is 6.92 Å². The molecule has 0 saturated carbocycles. The van der Waals surface area contributed by atoms with Gasteiger partial charge in [-0.15, -0.1) is 0 Å². The number of hydrogen-bond acceptors (Lipinski definition) is 6. The predicted octanol–water partition coefficient (Wildman–Crippen LogP) is 3.56. The van der Waals surface area contributed by atoms with Gasteiger partial charge < -0.3 is 30.5 Å². The number of carbonyl (C=O) groups excluding carboxylic acids is 3. The summed E-state index contributed by atoms with van der Waals surface area (Å²) in [5, 5.41) is 17.1. The van der Waals surface area contributed by atoms with Crippen LogP contribution in [0, 0.1) is 5.92 Å². The maximum atomic E-state index is 12.7. The number of ether oxygens (including phenoxy) is 2. The number of carboxylic acids is 1. The second-order valence-corrected chi connectivity index (χ2v) is 9.31. The second-order valence-electron chi connectivity index (χ2n) is 9.31. The van der Waals surface area contributed by atoms with Gasteiger partial charge in [-0.2, -0.15) is 0 Å². The van der Waals surface area contributed by atoms with Crippen LogP contribution in [0.4, 0.5) is 10.5 Å². The number of amides is 3. The first-order valence-corrected chi connectivity index (χ1v) is 11.4. The second kappa shape index (κ2) is 12.8. The van der Waals surface area contributed by atoms with Gasteiger partial charge in [0.1, 0.15) is 29.0 Å². The van der Waals surface area contributed by atoms with Crippen molar-refractivity contribution in [3.05, 3.63) is 23.8 Å². The van der Waals surface area contributed by atoms with Gasteiger partial charge in [0.25, 0.3) is 0 Å². The number of benzene rings is 1. The van der Waals surface area contributed by atoms with E-state index in [4.69, 9.17) is 9.47 Å². The van der Waals surface area contributed by atoms with E-state index in [0.29, 0.717) is 12.3 Å².